The highest BCUT2D eigenvalue weighted by Crippen LogP contribution is 2.16. The van der Waals surface area contributed by atoms with Crippen molar-refractivity contribution in [1.82, 2.24) is 25.3 Å². The van der Waals surface area contributed by atoms with Gasteiger partial charge in [0.25, 0.3) is 0 Å². The Labute approximate surface area is 141 Å². The number of nitrogens with zero attached hydrogens (tertiary/aromatic N) is 4. The van der Waals surface area contributed by atoms with Crippen LogP contribution in [0.15, 0.2) is 23.2 Å². The van der Waals surface area contributed by atoms with E-state index in [-0.39, 0.29) is 11.9 Å². The predicted molar refractivity (Wildman–Crippen MR) is 91.9 cm³/mol. The summed E-state index contributed by atoms with van der Waals surface area (Å²) in [6.07, 6.45) is 2.06. The van der Waals surface area contributed by atoms with Gasteiger partial charge in [0.2, 0.25) is 5.91 Å². The third kappa shape index (κ3) is 5.06. The molecule has 124 valence electrons. The zero-order valence-corrected chi connectivity index (χ0v) is 14.9. The van der Waals surface area contributed by atoms with Gasteiger partial charge in [-0.3, -0.25) is 4.79 Å². The van der Waals surface area contributed by atoms with Gasteiger partial charge in [0.15, 0.2) is 5.82 Å². The minimum absolute atomic E-state index is 0.0281. The minimum Gasteiger partial charge on any atom is -0.353 e. The van der Waals surface area contributed by atoms with Crippen LogP contribution in [0.1, 0.15) is 38.1 Å². The zero-order valence-electron chi connectivity index (χ0n) is 14.0. The van der Waals surface area contributed by atoms with Crippen molar-refractivity contribution in [3.8, 4) is 5.82 Å². The van der Waals surface area contributed by atoms with E-state index in [9.17, 15) is 4.79 Å². The number of carbonyl (C=O) groups excluding carboxylic acids is 1. The highest BCUT2D eigenvalue weighted by Gasteiger charge is 2.09. The predicted octanol–water partition coefficient (Wildman–Crippen LogP) is 2.68. The summed E-state index contributed by atoms with van der Waals surface area (Å²) in [5.41, 5.74) is 1.96. The molecule has 1 atom stereocenters. The summed E-state index contributed by atoms with van der Waals surface area (Å²) in [5.74, 6) is 1.06. The molecule has 1 amide bonds. The lowest BCUT2D eigenvalue weighted by Gasteiger charge is -2.12. The monoisotopic (exact) mass is 333 g/mol. The number of hydrogen-bond donors (Lipinski definition) is 1. The molecule has 1 N–H and O–H groups in total. The van der Waals surface area contributed by atoms with E-state index in [1.165, 1.54) is 11.8 Å². The molecule has 0 radical (unpaired) electrons. The first-order valence-corrected chi connectivity index (χ1v) is 8.77. The molecule has 2 aromatic heterocycles. The van der Waals surface area contributed by atoms with Gasteiger partial charge in [0.1, 0.15) is 5.03 Å². The van der Waals surface area contributed by atoms with Crippen LogP contribution in [-0.2, 0) is 4.79 Å². The Kier molecular flexibility index (Phi) is 6.15. The Bertz CT molecular complexity index is 653. The van der Waals surface area contributed by atoms with Crippen molar-refractivity contribution in [1.29, 1.82) is 0 Å². The van der Waals surface area contributed by atoms with Crippen molar-refractivity contribution >= 4 is 17.7 Å². The Balaban J connectivity index is 1.90. The van der Waals surface area contributed by atoms with Crippen molar-refractivity contribution in [2.45, 2.75) is 51.6 Å². The first-order valence-electron chi connectivity index (χ1n) is 7.79. The number of carbonyl (C=O) groups is 1. The molecule has 6 nitrogen and oxygen atoms in total. The van der Waals surface area contributed by atoms with E-state index < -0.39 is 0 Å². The van der Waals surface area contributed by atoms with Gasteiger partial charge in [-0.25, -0.2) is 4.68 Å². The molecule has 0 fully saturated rings. The fraction of sp³-hybridized carbons (Fsp3) is 0.500. The number of aryl methyl sites for hydroxylation is 2. The number of amides is 1. The summed E-state index contributed by atoms with van der Waals surface area (Å²) in [4.78, 5) is 11.8. The Hall–Kier alpha value is -1.89. The van der Waals surface area contributed by atoms with Crippen molar-refractivity contribution in [2.75, 3.05) is 5.75 Å². The summed E-state index contributed by atoms with van der Waals surface area (Å²) in [5, 5.41) is 16.4. The minimum atomic E-state index is 0.0281. The maximum Gasteiger partial charge on any atom is 0.230 e. The average molecular weight is 333 g/mol. The fourth-order valence-corrected chi connectivity index (χ4v) is 2.95. The molecule has 0 aliphatic rings. The van der Waals surface area contributed by atoms with Crippen LogP contribution in [0.5, 0.6) is 0 Å². The molecule has 0 aliphatic heterocycles. The van der Waals surface area contributed by atoms with Crippen LogP contribution in [0.3, 0.4) is 0 Å². The van der Waals surface area contributed by atoms with E-state index in [1.54, 1.807) is 4.68 Å². The van der Waals surface area contributed by atoms with Crippen molar-refractivity contribution in [3.63, 3.8) is 0 Å². The Morgan fingerprint density at radius 1 is 1.35 bits per heavy atom. The van der Waals surface area contributed by atoms with Gasteiger partial charge in [-0.1, -0.05) is 25.1 Å². The molecule has 0 spiro atoms. The van der Waals surface area contributed by atoms with Crippen LogP contribution >= 0.6 is 11.8 Å². The molecule has 7 heteroatoms. The SMILES string of the molecule is CCC[C@H](C)NC(=O)CSc1ccc(-n2nc(C)cc2C)nn1. The molecule has 23 heavy (non-hydrogen) atoms. The van der Waals surface area contributed by atoms with Gasteiger partial charge in [-0.2, -0.15) is 5.10 Å². The number of hydrogen-bond acceptors (Lipinski definition) is 5. The third-order valence-corrected chi connectivity index (χ3v) is 4.25. The third-order valence-electron chi connectivity index (χ3n) is 3.33. The Morgan fingerprint density at radius 2 is 2.13 bits per heavy atom. The second kappa shape index (κ2) is 8.10. The van der Waals surface area contributed by atoms with E-state index in [0.29, 0.717) is 11.6 Å². The first kappa shape index (κ1) is 17.5. The molecule has 0 aliphatic carbocycles. The van der Waals surface area contributed by atoms with Gasteiger partial charge in [0.05, 0.1) is 11.4 Å². The quantitative estimate of drug-likeness (QED) is 0.789. The second-order valence-corrected chi connectivity index (χ2v) is 6.61. The lowest BCUT2D eigenvalue weighted by atomic mass is 10.2. The fourth-order valence-electron chi connectivity index (χ4n) is 2.32. The molecule has 2 rings (SSSR count). The maximum absolute atomic E-state index is 11.8. The molecule has 0 aromatic carbocycles. The maximum atomic E-state index is 11.8. The van der Waals surface area contributed by atoms with E-state index in [2.05, 4.69) is 27.5 Å². The first-order chi connectivity index (χ1) is 11.0. The van der Waals surface area contributed by atoms with E-state index >= 15 is 0 Å². The smallest absolute Gasteiger partial charge is 0.230 e. The van der Waals surface area contributed by atoms with Gasteiger partial charge >= 0.3 is 0 Å². The largest absolute Gasteiger partial charge is 0.353 e. The van der Waals surface area contributed by atoms with Crippen LogP contribution in [0.4, 0.5) is 0 Å². The number of nitrogens with one attached hydrogen (secondary N) is 1. The van der Waals surface area contributed by atoms with Gasteiger partial charge in [-0.05, 0) is 45.4 Å². The summed E-state index contributed by atoms with van der Waals surface area (Å²) >= 11 is 1.39. The summed E-state index contributed by atoms with van der Waals surface area (Å²) < 4.78 is 1.76. The van der Waals surface area contributed by atoms with Gasteiger partial charge in [0, 0.05) is 11.7 Å². The standard InChI is InChI=1S/C16H23N5OS/c1-5-6-11(2)17-15(22)10-23-16-8-7-14(18-19-16)21-13(4)9-12(3)20-21/h7-9,11H,5-6,10H2,1-4H3,(H,17,22)/t11-/m0/s1. The van der Waals surface area contributed by atoms with Crippen molar-refractivity contribution < 1.29 is 4.79 Å². The lowest BCUT2D eigenvalue weighted by Crippen LogP contribution is -2.33. The van der Waals surface area contributed by atoms with Gasteiger partial charge in [-0.15, -0.1) is 10.2 Å². The molecule has 2 aromatic rings. The molecule has 0 saturated carbocycles. The Morgan fingerprint density at radius 3 is 2.70 bits per heavy atom. The van der Waals surface area contributed by atoms with E-state index in [4.69, 9.17) is 0 Å². The topological polar surface area (TPSA) is 72.7 Å². The molecular formula is C16H23N5OS. The zero-order chi connectivity index (χ0) is 16.8. The van der Waals surface area contributed by atoms with Crippen LogP contribution in [0, 0.1) is 13.8 Å². The summed E-state index contributed by atoms with van der Waals surface area (Å²) in [6.45, 7) is 8.05. The number of thioether (sulfide) groups is 1. The van der Waals surface area contributed by atoms with Crippen LogP contribution in [0.25, 0.3) is 5.82 Å². The summed E-state index contributed by atoms with van der Waals surface area (Å²) in [7, 11) is 0. The van der Waals surface area contributed by atoms with E-state index in [1.807, 2.05) is 39.0 Å². The van der Waals surface area contributed by atoms with Gasteiger partial charge < -0.3 is 5.32 Å². The second-order valence-electron chi connectivity index (χ2n) is 5.61. The van der Waals surface area contributed by atoms with Crippen LogP contribution in [0.2, 0.25) is 0 Å². The molecule has 0 bridgehead atoms. The lowest BCUT2D eigenvalue weighted by molar-refractivity contribution is -0.119. The average Bonchev–Trinajstić information content (AvgIpc) is 2.84. The molecular weight excluding hydrogens is 310 g/mol. The highest BCUT2D eigenvalue weighted by molar-refractivity contribution is 7.99. The number of aromatic nitrogens is 4. The normalized spacial score (nSPS) is 12.2. The molecule has 0 unspecified atom stereocenters. The molecule has 0 saturated heterocycles. The highest BCUT2D eigenvalue weighted by atomic mass is 32.2. The molecule has 2 heterocycles. The van der Waals surface area contributed by atoms with Crippen LogP contribution in [-0.4, -0.2) is 37.7 Å². The summed E-state index contributed by atoms with van der Waals surface area (Å²) in [6, 6.07) is 5.94. The number of rotatable bonds is 7. The van der Waals surface area contributed by atoms with Crippen molar-refractivity contribution in [2.24, 2.45) is 0 Å². The van der Waals surface area contributed by atoms with E-state index in [0.717, 1.165) is 29.3 Å². The van der Waals surface area contributed by atoms with Crippen LogP contribution < -0.4 is 5.32 Å². The van der Waals surface area contributed by atoms with Crippen molar-refractivity contribution in [3.05, 3.63) is 29.6 Å².